The number of ether oxygens (including phenoxy) is 1. The number of hydrogen-bond donors (Lipinski definition) is 0. The third-order valence-electron chi connectivity index (χ3n) is 1.36. The number of methoxy groups -OCH3 is 1. The summed E-state index contributed by atoms with van der Waals surface area (Å²) in [4.78, 5) is 13.3. The summed E-state index contributed by atoms with van der Waals surface area (Å²) in [5, 5.41) is 9.97. The van der Waals surface area contributed by atoms with Crippen LogP contribution >= 0.6 is 0 Å². The van der Waals surface area contributed by atoms with E-state index in [0.29, 0.717) is 11.4 Å². The van der Waals surface area contributed by atoms with E-state index in [4.69, 9.17) is 4.74 Å². The van der Waals surface area contributed by atoms with Gasteiger partial charge >= 0.3 is 0 Å². The highest BCUT2D eigenvalue weighted by molar-refractivity contribution is 5.46. The molecule has 0 atom stereocenters. The number of hydrogen-bond acceptors (Lipinski definition) is 4. The van der Waals surface area contributed by atoms with Gasteiger partial charge in [-0.15, -0.1) is 0 Å². The molecule has 0 fully saturated rings. The summed E-state index contributed by atoms with van der Waals surface area (Å²) in [6, 6.07) is 3.32. The summed E-state index contributed by atoms with van der Waals surface area (Å²) >= 11 is 0. The van der Waals surface area contributed by atoms with Crippen molar-refractivity contribution in [3.63, 3.8) is 0 Å². The first-order valence-electron chi connectivity index (χ1n) is 3.54. The lowest BCUT2D eigenvalue weighted by molar-refractivity contribution is -0.400. The van der Waals surface area contributed by atoms with Crippen LogP contribution in [0.1, 0.15) is 5.56 Å². The Bertz CT molecular complexity index is 319. The van der Waals surface area contributed by atoms with E-state index in [9.17, 15) is 10.1 Å². The highest BCUT2D eigenvalue weighted by Crippen LogP contribution is 2.07. The van der Waals surface area contributed by atoms with Crippen LogP contribution in [-0.4, -0.2) is 17.0 Å². The molecule has 5 nitrogen and oxygen atoms in total. The maximum absolute atomic E-state index is 9.97. The second-order valence-corrected chi connectivity index (χ2v) is 2.23. The highest BCUT2D eigenvalue weighted by Gasteiger charge is 1.93. The molecule has 0 aliphatic heterocycles. The molecular formula is C8H8N2O3. The molecule has 0 spiro atoms. The van der Waals surface area contributed by atoms with Gasteiger partial charge in [-0.2, -0.15) is 0 Å². The summed E-state index contributed by atoms with van der Waals surface area (Å²) < 4.78 is 4.83. The molecule has 13 heavy (non-hydrogen) atoms. The third kappa shape index (κ3) is 2.90. The minimum absolute atomic E-state index is 0.484. The number of nitro groups is 1. The fourth-order valence-corrected chi connectivity index (χ4v) is 0.758. The van der Waals surface area contributed by atoms with Gasteiger partial charge in [0.05, 0.1) is 12.0 Å². The predicted octanol–water partition coefficient (Wildman–Crippen LogP) is 1.34. The molecule has 0 unspecified atom stereocenters. The number of aromatic nitrogens is 1. The van der Waals surface area contributed by atoms with Gasteiger partial charge < -0.3 is 4.74 Å². The zero-order valence-corrected chi connectivity index (χ0v) is 7.01. The summed E-state index contributed by atoms with van der Waals surface area (Å²) in [6.45, 7) is 0. The van der Waals surface area contributed by atoms with Gasteiger partial charge in [0.1, 0.15) is 0 Å². The standard InChI is InChI=1S/C8H8N2O3/c1-13-8-3-2-7(6-9-8)4-5-10(11)12/h2-6H,1H3. The monoisotopic (exact) mass is 180 g/mol. The molecule has 1 aromatic rings. The van der Waals surface area contributed by atoms with Crippen molar-refractivity contribution in [2.45, 2.75) is 0 Å². The topological polar surface area (TPSA) is 65.3 Å². The molecule has 1 aromatic heterocycles. The lowest BCUT2D eigenvalue weighted by Gasteiger charge is -1.96. The van der Waals surface area contributed by atoms with Crippen molar-refractivity contribution in [3.05, 3.63) is 40.2 Å². The molecule has 68 valence electrons. The van der Waals surface area contributed by atoms with Crippen molar-refractivity contribution in [1.82, 2.24) is 4.98 Å². The van der Waals surface area contributed by atoms with Gasteiger partial charge in [-0.05, 0) is 11.6 Å². The Morgan fingerprint density at radius 2 is 2.38 bits per heavy atom. The quantitative estimate of drug-likeness (QED) is 0.520. The van der Waals surface area contributed by atoms with E-state index in [2.05, 4.69) is 4.98 Å². The fraction of sp³-hybridized carbons (Fsp3) is 0.125. The normalized spacial score (nSPS) is 10.2. The van der Waals surface area contributed by atoms with Crippen molar-refractivity contribution in [2.24, 2.45) is 0 Å². The maximum atomic E-state index is 9.97. The van der Waals surface area contributed by atoms with Crippen LogP contribution in [0.25, 0.3) is 6.08 Å². The molecule has 0 radical (unpaired) electrons. The van der Waals surface area contributed by atoms with Crippen LogP contribution in [-0.2, 0) is 0 Å². The Balaban J connectivity index is 2.75. The van der Waals surface area contributed by atoms with Crippen LogP contribution in [0.3, 0.4) is 0 Å². The lowest BCUT2D eigenvalue weighted by Crippen LogP contribution is -1.87. The minimum Gasteiger partial charge on any atom is -0.481 e. The molecule has 0 bridgehead atoms. The molecule has 0 N–H and O–H groups in total. The van der Waals surface area contributed by atoms with Crippen LogP contribution in [0.5, 0.6) is 5.88 Å². The van der Waals surface area contributed by atoms with Crippen molar-refractivity contribution in [2.75, 3.05) is 7.11 Å². The first kappa shape index (κ1) is 9.18. The molecule has 0 aromatic carbocycles. The number of pyridine rings is 1. The van der Waals surface area contributed by atoms with Crippen molar-refractivity contribution < 1.29 is 9.66 Å². The molecule has 5 heteroatoms. The molecule has 1 rings (SSSR count). The van der Waals surface area contributed by atoms with Gasteiger partial charge in [0.2, 0.25) is 12.1 Å². The first-order valence-corrected chi connectivity index (χ1v) is 3.54. The summed E-state index contributed by atoms with van der Waals surface area (Å²) in [6.07, 6.45) is 3.73. The molecule has 0 aliphatic carbocycles. The van der Waals surface area contributed by atoms with E-state index < -0.39 is 4.92 Å². The molecule has 0 saturated heterocycles. The third-order valence-corrected chi connectivity index (χ3v) is 1.36. The van der Waals surface area contributed by atoms with Crippen LogP contribution in [0.4, 0.5) is 0 Å². The predicted molar refractivity (Wildman–Crippen MR) is 46.8 cm³/mol. The maximum Gasteiger partial charge on any atom is 0.235 e. The average Bonchev–Trinajstić information content (AvgIpc) is 2.15. The van der Waals surface area contributed by atoms with Gasteiger partial charge in [0.25, 0.3) is 0 Å². The summed E-state index contributed by atoms with van der Waals surface area (Å²) in [7, 11) is 1.51. The van der Waals surface area contributed by atoms with Gasteiger partial charge in [0, 0.05) is 18.3 Å². The Morgan fingerprint density at radius 1 is 1.62 bits per heavy atom. The number of nitrogens with zero attached hydrogens (tertiary/aromatic N) is 2. The van der Waals surface area contributed by atoms with E-state index in [1.54, 1.807) is 12.1 Å². The van der Waals surface area contributed by atoms with E-state index in [0.717, 1.165) is 6.20 Å². The fourth-order valence-electron chi connectivity index (χ4n) is 0.758. The molecular weight excluding hydrogens is 172 g/mol. The Morgan fingerprint density at radius 3 is 2.85 bits per heavy atom. The second-order valence-electron chi connectivity index (χ2n) is 2.23. The van der Waals surface area contributed by atoms with Gasteiger partial charge in [0.15, 0.2) is 0 Å². The van der Waals surface area contributed by atoms with Crippen LogP contribution in [0.15, 0.2) is 24.5 Å². The largest absolute Gasteiger partial charge is 0.481 e. The van der Waals surface area contributed by atoms with E-state index >= 15 is 0 Å². The Hall–Kier alpha value is -1.91. The highest BCUT2D eigenvalue weighted by atomic mass is 16.6. The average molecular weight is 180 g/mol. The molecule has 1 heterocycles. The van der Waals surface area contributed by atoms with Gasteiger partial charge in [-0.25, -0.2) is 4.98 Å². The zero-order valence-electron chi connectivity index (χ0n) is 7.01. The van der Waals surface area contributed by atoms with Crippen molar-refractivity contribution >= 4 is 6.08 Å². The van der Waals surface area contributed by atoms with Crippen LogP contribution in [0, 0.1) is 10.1 Å². The van der Waals surface area contributed by atoms with Crippen LogP contribution in [0.2, 0.25) is 0 Å². The summed E-state index contributed by atoms with van der Waals surface area (Å²) in [5.41, 5.74) is 0.664. The lowest BCUT2D eigenvalue weighted by atomic mass is 10.3. The van der Waals surface area contributed by atoms with E-state index in [1.807, 2.05) is 0 Å². The smallest absolute Gasteiger partial charge is 0.235 e. The zero-order chi connectivity index (χ0) is 9.68. The van der Waals surface area contributed by atoms with Gasteiger partial charge in [-0.1, -0.05) is 0 Å². The second kappa shape index (κ2) is 4.20. The SMILES string of the molecule is COc1ccc(C=C[N+](=O)[O-])cn1. The Kier molecular flexibility index (Phi) is 2.97. The first-order chi connectivity index (χ1) is 6.22. The molecule has 0 amide bonds. The van der Waals surface area contributed by atoms with E-state index in [1.165, 1.54) is 19.4 Å². The van der Waals surface area contributed by atoms with Crippen molar-refractivity contribution in [3.8, 4) is 5.88 Å². The van der Waals surface area contributed by atoms with Gasteiger partial charge in [-0.3, -0.25) is 10.1 Å². The van der Waals surface area contributed by atoms with Crippen molar-refractivity contribution in [1.29, 1.82) is 0 Å². The molecule has 0 saturated carbocycles. The van der Waals surface area contributed by atoms with Crippen LogP contribution < -0.4 is 4.74 Å². The summed E-state index contributed by atoms with van der Waals surface area (Å²) in [5.74, 6) is 0.484. The molecule has 0 aliphatic rings. The number of rotatable bonds is 3. The Labute approximate surface area is 74.8 Å². The van der Waals surface area contributed by atoms with E-state index in [-0.39, 0.29) is 0 Å². The minimum atomic E-state index is -0.524.